The third kappa shape index (κ3) is 8.16. The van der Waals surface area contributed by atoms with Crippen LogP contribution in [-0.4, -0.2) is 87.7 Å². The van der Waals surface area contributed by atoms with Crippen molar-refractivity contribution in [1.29, 1.82) is 0 Å². The van der Waals surface area contributed by atoms with Gasteiger partial charge >= 0.3 is 0 Å². The summed E-state index contributed by atoms with van der Waals surface area (Å²) >= 11 is 0. The van der Waals surface area contributed by atoms with Gasteiger partial charge in [-0.2, -0.15) is 0 Å². The lowest BCUT2D eigenvalue weighted by Crippen LogP contribution is -2.55. The number of aliphatic hydroxyl groups excluding tert-OH is 1. The van der Waals surface area contributed by atoms with Crippen LogP contribution in [0.4, 0.5) is 11.4 Å². The van der Waals surface area contributed by atoms with E-state index in [4.69, 9.17) is 9.47 Å². The topological polar surface area (TPSA) is 94.6 Å². The Labute approximate surface area is 333 Å². The molecular formula is C46H58N4O5Si. The van der Waals surface area contributed by atoms with Crippen molar-refractivity contribution in [2.75, 3.05) is 49.8 Å². The summed E-state index contributed by atoms with van der Waals surface area (Å²) in [6.07, 6.45) is 3.27. The molecule has 3 aliphatic heterocycles. The zero-order valence-electron chi connectivity index (χ0n) is 33.4. The first-order valence-corrected chi connectivity index (χ1v) is 23.4. The first-order valence-electron chi connectivity index (χ1n) is 20.3. The highest BCUT2D eigenvalue weighted by atomic mass is 28.3. The second-order valence-corrected chi connectivity index (χ2v) is 21.1. The standard InChI is InChI=1S/C46H58N4O5Si/c1-34-41(24-17-35-15-18-37(19-16-35)49-33-50(38-13-9-6-10-14-38)46(45(49)53)25-27-47-28-26-46)55-42(44(34)56(3,4)40-22-20-39(54-2)21-23-40)31-43(52)48(29-30-51)32-36-11-7-5-8-12-36/h5-16,18-23,34,41-42,44,47,51H,17,24-33H2,1-4H3/t34-,41+,42-,44+/m1/s1. The van der Waals surface area contributed by atoms with Crippen LogP contribution in [0.5, 0.6) is 5.75 Å². The maximum absolute atomic E-state index is 14.2. The predicted molar refractivity (Wildman–Crippen MR) is 226 cm³/mol. The van der Waals surface area contributed by atoms with E-state index in [9.17, 15) is 14.7 Å². The molecule has 3 fully saturated rings. The highest BCUT2D eigenvalue weighted by Gasteiger charge is 2.54. The van der Waals surface area contributed by atoms with Gasteiger partial charge < -0.3 is 29.7 Å². The van der Waals surface area contributed by atoms with Crippen molar-refractivity contribution >= 4 is 36.4 Å². The second-order valence-electron chi connectivity index (χ2n) is 16.4. The molecule has 4 aromatic carbocycles. The lowest BCUT2D eigenvalue weighted by molar-refractivity contribution is -0.135. The molecule has 0 aliphatic carbocycles. The maximum Gasteiger partial charge on any atom is 0.254 e. The average Bonchev–Trinajstić information content (AvgIpc) is 3.69. The van der Waals surface area contributed by atoms with E-state index in [0.717, 1.165) is 61.5 Å². The molecule has 0 bridgehead atoms. The van der Waals surface area contributed by atoms with Crippen molar-refractivity contribution in [3.63, 3.8) is 0 Å². The minimum absolute atomic E-state index is 0.00873. The fourth-order valence-corrected chi connectivity index (χ4v) is 13.7. The molecule has 10 heteroatoms. The van der Waals surface area contributed by atoms with Gasteiger partial charge in [0.1, 0.15) is 11.3 Å². The number of anilines is 2. The lowest BCUT2D eigenvalue weighted by atomic mass is 9.86. The number of benzene rings is 4. The quantitative estimate of drug-likeness (QED) is 0.144. The monoisotopic (exact) mass is 774 g/mol. The predicted octanol–water partition coefficient (Wildman–Crippen LogP) is 6.36. The highest BCUT2D eigenvalue weighted by Crippen LogP contribution is 2.47. The molecule has 3 aliphatic rings. The van der Waals surface area contributed by atoms with E-state index < -0.39 is 13.6 Å². The van der Waals surface area contributed by atoms with Crippen LogP contribution >= 0.6 is 0 Å². The fraction of sp³-hybridized carbons (Fsp3) is 0.435. The maximum atomic E-state index is 14.2. The molecule has 0 radical (unpaired) electrons. The van der Waals surface area contributed by atoms with Gasteiger partial charge in [0.05, 0.1) is 47.1 Å². The molecule has 9 nitrogen and oxygen atoms in total. The molecule has 7 rings (SSSR count). The van der Waals surface area contributed by atoms with Crippen molar-refractivity contribution in [2.45, 2.75) is 82.0 Å². The molecule has 0 saturated carbocycles. The summed E-state index contributed by atoms with van der Waals surface area (Å²) in [5, 5.41) is 14.7. The van der Waals surface area contributed by atoms with E-state index >= 15 is 0 Å². The van der Waals surface area contributed by atoms with Crippen molar-refractivity contribution in [3.05, 3.63) is 120 Å². The largest absolute Gasteiger partial charge is 0.497 e. The van der Waals surface area contributed by atoms with E-state index in [-0.39, 0.29) is 55.1 Å². The van der Waals surface area contributed by atoms with Crippen molar-refractivity contribution in [1.82, 2.24) is 10.2 Å². The van der Waals surface area contributed by atoms with Gasteiger partial charge in [-0.05, 0) is 97.8 Å². The number of nitrogens with one attached hydrogen (secondary N) is 1. The summed E-state index contributed by atoms with van der Waals surface area (Å²) in [5.74, 6) is 1.26. The normalized spacial score (nSPS) is 22.1. The zero-order valence-corrected chi connectivity index (χ0v) is 34.4. The minimum Gasteiger partial charge on any atom is -0.497 e. The number of hydrogen-bond donors (Lipinski definition) is 2. The van der Waals surface area contributed by atoms with E-state index in [1.807, 2.05) is 65.6 Å². The van der Waals surface area contributed by atoms with Crippen LogP contribution in [0.15, 0.2) is 109 Å². The van der Waals surface area contributed by atoms with Gasteiger partial charge in [-0.3, -0.25) is 14.5 Å². The molecule has 3 heterocycles. The molecule has 0 unspecified atom stereocenters. The summed E-state index contributed by atoms with van der Waals surface area (Å²) < 4.78 is 12.5. The molecule has 4 atom stereocenters. The number of rotatable bonds is 14. The van der Waals surface area contributed by atoms with E-state index in [1.54, 1.807) is 12.0 Å². The molecule has 296 valence electrons. The summed E-state index contributed by atoms with van der Waals surface area (Å²) in [6.45, 7) is 9.95. The van der Waals surface area contributed by atoms with Crippen molar-refractivity contribution in [2.24, 2.45) is 5.92 Å². The molecule has 0 aromatic heterocycles. The van der Waals surface area contributed by atoms with Gasteiger partial charge in [-0.25, -0.2) is 0 Å². The number of hydrogen-bond acceptors (Lipinski definition) is 7. The number of methoxy groups -OCH3 is 1. The number of carbonyl (C=O) groups is 2. The van der Waals surface area contributed by atoms with E-state index in [2.05, 4.69) is 78.8 Å². The Hall–Kier alpha value is -4.48. The highest BCUT2D eigenvalue weighted by molar-refractivity contribution is 6.91. The smallest absolute Gasteiger partial charge is 0.254 e. The number of para-hydroxylation sites is 1. The summed E-state index contributed by atoms with van der Waals surface area (Å²) in [7, 11) is -0.487. The van der Waals surface area contributed by atoms with Crippen LogP contribution in [0.2, 0.25) is 18.6 Å². The van der Waals surface area contributed by atoms with Crippen LogP contribution in [0.3, 0.4) is 0 Å². The average molecular weight is 775 g/mol. The third-order valence-corrected chi connectivity index (χ3v) is 17.2. The molecule has 56 heavy (non-hydrogen) atoms. The number of nitrogens with zero attached hydrogens (tertiary/aromatic N) is 3. The molecule has 2 N–H and O–H groups in total. The SMILES string of the molecule is COc1ccc([Si](C)(C)[C@H]2[C@H](C)[C@H](CCc3ccc(N4CN(c5ccccc5)C5(CCNCC5)C4=O)cc3)O[C@@H]2CC(=O)N(CCO)Cc2ccccc2)cc1. The van der Waals surface area contributed by atoms with Crippen molar-refractivity contribution in [3.8, 4) is 5.75 Å². The second kappa shape index (κ2) is 17.3. The number of aryl methyl sites for hydroxylation is 1. The summed E-state index contributed by atoms with van der Waals surface area (Å²) in [6, 6.07) is 37.3. The van der Waals surface area contributed by atoms with Crippen LogP contribution in [0, 0.1) is 5.92 Å². The van der Waals surface area contributed by atoms with Gasteiger partial charge in [0.2, 0.25) is 5.91 Å². The Morgan fingerprint density at radius 3 is 2.20 bits per heavy atom. The number of ether oxygens (including phenoxy) is 2. The van der Waals surface area contributed by atoms with Gasteiger partial charge in [0, 0.05) is 24.5 Å². The summed E-state index contributed by atoms with van der Waals surface area (Å²) in [5.41, 5.74) is 3.92. The van der Waals surface area contributed by atoms with E-state index in [1.165, 1.54) is 10.8 Å². The van der Waals surface area contributed by atoms with E-state index in [0.29, 0.717) is 13.2 Å². The first kappa shape index (κ1) is 39.7. The van der Waals surface area contributed by atoms with Gasteiger partial charge in [0.25, 0.3) is 5.91 Å². The third-order valence-electron chi connectivity index (χ3n) is 12.8. The Morgan fingerprint density at radius 1 is 0.893 bits per heavy atom. The van der Waals surface area contributed by atoms with Crippen molar-refractivity contribution < 1.29 is 24.2 Å². The number of amides is 2. The van der Waals surface area contributed by atoms with Crippen LogP contribution < -0.4 is 25.0 Å². The minimum atomic E-state index is -2.18. The number of aliphatic hydroxyl groups is 1. The Kier molecular flexibility index (Phi) is 12.3. The van der Waals surface area contributed by atoms with Crippen LogP contribution in [-0.2, 0) is 27.3 Å². The summed E-state index contributed by atoms with van der Waals surface area (Å²) in [4.78, 5) is 34.3. The Balaban J connectivity index is 1.07. The van der Waals surface area contributed by atoms with Gasteiger partial charge in [-0.1, -0.05) is 98.0 Å². The van der Waals surface area contributed by atoms with Crippen LogP contribution in [0.1, 0.15) is 43.7 Å². The zero-order chi connectivity index (χ0) is 39.3. The first-order chi connectivity index (χ1) is 27.1. The Bertz CT molecular complexity index is 1900. The fourth-order valence-electron chi connectivity index (χ4n) is 9.68. The van der Waals surface area contributed by atoms with Crippen LogP contribution in [0.25, 0.3) is 0 Å². The molecule has 4 aromatic rings. The molecule has 1 spiro atoms. The molecular weight excluding hydrogens is 717 g/mol. The number of carbonyl (C=O) groups excluding carboxylic acids is 2. The lowest BCUT2D eigenvalue weighted by Gasteiger charge is -2.39. The van der Waals surface area contributed by atoms with Gasteiger partial charge in [-0.15, -0.1) is 0 Å². The molecule has 2 amide bonds. The van der Waals surface area contributed by atoms with Gasteiger partial charge in [0.15, 0.2) is 0 Å². The Morgan fingerprint density at radius 2 is 1.55 bits per heavy atom. The number of piperidine rings is 1. The molecule has 3 saturated heterocycles.